The zero-order valence-electron chi connectivity index (χ0n) is 12.9. The minimum atomic E-state index is -0.411. The summed E-state index contributed by atoms with van der Waals surface area (Å²) in [6, 6.07) is 21.3. The molecular formula is C20H14BrClO2. The lowest BCUT2D eigenvalue weighted by atomic mass is 9.92. The van der Waals surface area contributed by atoms with Crippen LogP contribution >= 0.6 is 27.5 Å². The Kier molecular flexibility index (Phi) is 5.03. The molecule has 24 heavy (non-hydrogen) atoms. The molecule has 0 unspecified atom stereocenters. The van der Waals surface area contributed by atoms with Crippen LogP contribution in [0.3, 0.4) is 0 Å². The third-order valence-corrected chi connectivity index (χ3v) is 4.47. The van der Waals surface area contributed by atoms with Crippen molar-refractivity contribution in [2.75, 3.05) is 7.11 Å². The highest BCUT2D eigenvalue weighted by Gasteiger charge is 2.17. The molecule has 0 atom stereocenters. The van der Waals surface area contributed by atoms with Crippen LogP contribution < -0.4 is 0 Å². The van der Waals surface area contributed by atoms with Gasteiger partial charge in [0.25, 0.3) is 0 Å². The summed E-state index contributed by atoms with van der Waals surface area (Å²) in [5.41, 5.74) is 4.27. The number of esters is 1. The number of hydrogen-bond acceptors (Lipinski definition) is 2. The van der Waals surface area contributed by atoms with Crippen LogP contribution in [0.5, 0.6) is 0 Å². The lowest BCUT2D eigenvalue weighted by Crippen LogP contribution is -2.04. The number of methoxy groups -OCH3 is 1. The molecule has 0 heterocycles. The maximum absolute atomic E-state index is 12.2. The summed E-state index contributed by atoms with van der Waals surface area (Å²) in [6.45, 7) is 0. The van der Waals surface area contributed by atoms with Crippen molar-refractivity contribution in [3.05, 3.63) is 81.8 Å². The summed E-state index contributed by atoms with van der Waals surface area (Å²) in [5.74, 6) is -0.411. The zero-order valence-corrected chi connectivity index (χ0v) is 15.3. The van der Waals surface area contributed by atoms with Gasteiger partial charge in [0, 0.05) is 9.50 Å². The lowest BCUT2D eigenvalue weighted by molar-refractivity contribution is 0.0601. The lowest BCUT2D eigenvalue weighted by Gasteiger charge is -2.14. The molecule has 0 aliphatic heterocycles. The Labute approximate surface area is 154 Å². The third kappa shape index (κ3) is 3.37. The third-order valence-electron chi connectivity index (χ3n) is 3.74. The van der Waals surface area contributed by atoms with Crippen molar-refractivity contribution < 1.29 is 9.53 Å². The molecule has 0 aliphatic rings. The van der Waals surface area contributed by atoms with Crippen LogP contribution in [0.1, 0.15) is 10.4 Å². The maximum Gasteiger partial charge on any atom is 0.338 e. The number of rotatable bonds is 3. The van der Waals surface area contributed by atoms with Gasteiger partial charge in [-0.2, -0.15) is 0 Å². The van der Waals surface area contributed by atoms with Crippen molar-refractivity contribution in [2.45, 2.75) is 0 Å². The molecule has 3 aromatic rings. The molecule has 0 saturated carbocycles. The average molecular weight is 402 g/mol. The first-order valence-corrected chi connectivity index (χ1v) is 8.50. The van der Waals surface area contributed by atoms with Gasteiger partial charge in [0.2, 0.25) is 0 Å². The van der Waals surface area contributed by atoms with Gasteiger partial charge in [0.15, 0.2) is 0 Å². The van der Waals surface area contributed by atoms with Crippen LogP contribution in [0.2, 0.25) is 5.02 Å². The fourth-order valence-electron chi connectivity index (χ4n) is 2.64. The van der Waals surface area contributed by atoms with Gasteiger partial charge in [-0.25, -0.2) is 4.79 Å². The van der Waals surface area contributed by atoms with Gasteiger partial charge in [0.05, 0.1) is 12.7 Å². The number of halogens is 2. The van der Waals surface area contributed by atoms with E-state index in [1.165, 1.54) is 7.11 Å². The Hall–Kier alpha value is -2.10. The fraction of sp³-hybridized carbons (Fsp3) is 0.0500. The van der Waals surface area contributed by atoms with E-state index < -0.39 is 5.97 Å². The topological polar surface area (TPSA) is 26.3 Å². The first-order valence-electron chi connectivity index (χ1n) is 7.33. The summed E-state index contributed by atoms with van der Waals surface area (Å²) in [5, 5.41) is 0.496. The van der Waals surface area contributed by atoms with Gasteiger partial charge < -0.3 is 4.74 Å². The number of carbonyl (C=O) groups excluding carboxylic acids is 1. The maximum atomic E-state index is 12.2. The van der Waals surface area contributed by atoms with Crippen molar-refractivity contribution in [1.82, 2.24) is 0 Å². The number of carbonyl (C=O) groups is 1. The molecule has 0 radical (unpaired) electrons. The van der Waals surface area contributed by atoms with E-state index in [1.54, 1.807) is 12.1 Å². The largest absolute Gasteiger partial charge is 0.465 e. The standard InChI is InChI=1S/C20H14BrClO2/c1-24-20(23)19-12-15(22)8-10-17(19)18-11-14(21)7-9-16(18)13-5-3-2-4-6-13/h2-12H,1H3. The van der Waals surface area contributed by atoms with Crippen molar-refractivity contribution >= 4 is 33.5 Å². The summed E-state index contributed by atoms with van der Waals surface area (Å²) >= 11 is 9.59. The molecule has 3 rings (SSSR count). The van der Waals surface area contributed by atoms with E-state index in [4.69, 9.17) is 16.3 Å². The van der Waals surface area contributed by atoms with E-state index >= 15 is 0 Å². The molecule has 0 fully saturated rings. The summed E-state index contributed by atoms with van der Waals surface area (Å²) in [7, 11) is 1.37. The second-order valence-corrected chi connectivity index (χ2v) is 6.59. The van der Waals surface area contributed by atoms with Crippen LogP contribution in [0, 0.1) is 0 Å². The Balaban J connectivity index is 2.27. The fourth-order valence-corrected chi connectivity index (χ4v) is 3.17. The normalized spacial score (nSPS) is 10.5. The highest BCUT2D eigenvalue weighted by Crippen LogP contribution is 2.37. The Morgan fingerprint density at radius 3 is 2.33 bits per heavy atom. The predicted octanol–water partition coefficient (Wildman–Crippen LogP) is 6.22. The summed E-state index contributed by atoms with van der Waals surface area (Å²) in [6.07, 6.45) is 0. The van der Waals surface area contributed by atoms with Crippen LogP contribution in [-0.4, -0.2) is 13.1 Å². The minimum absolute atomic E-state index is 0.411. The van der Waals surface area contributed by atoms with Crippen molar-refractivity contribution in [2.24, 2.45) is 0 Å². The van der Waals surface area contributed by atoms with Crippen LogP contribution in [0.15, 0.2) is 71.2 Å². The van der Waals surface area contributed by atoms with E-state index in [1.807, 2.05) is 54.6 Å². The zero-order chi connectivity index (χ0) is 17.1. The summed E-state index contributed by atoms with van der Waals surface area (Å²) in [4.78, 5) is 12.2. The molecule has 0 aromatic heterocycles. The molecule has 0 N–H and O–H groups in total. The first-order chi connectivity index (χ1) is 11.6. The number of hydrogen-bond donors (Lipinski definition) is 0. The molecule has 0 amide bonds. The number of ether oxygens (including phenoxy) is 1. The Morgan fingerprint density at radius 1 is 0.917 bits per heavy atom. The first kappa shape index (κ1) is 16.7. The molecule has 0 bridgehead atoms. The summed E-state index contributed by atoms with van der Waals surface area (Å²) < 4.78 is 5.85. The van der Waals surface area contributed by atoms with Gasteiger partial charge in [-0.1, -0.05) is 70.0 Å². The highest BCUT2D eigenvalue weighted by atomic mass is 79.9. The Morgan fingerprint density at radius 2 is 1.62 bits per heavy atom. The van der Waals surface area contributed by atoms with Gasteiger partial charge in [-0.05, 0) is 46.5 Å². The van der Waals surface area contributed by atoms with E-state index in [-0.39, 0.29) is 0 Å². The van der Waals surface area contributed by atoms with Crippen molar-refractivity contribution in [1.29, 1.82) is 0 Å². The van der Waals surface area contributed by atoms with Gasteiger partial charge >= 0.3 is 5.97 Å². The molecule has 120 valence electrons. The van der Waals surface area contributed by atoms with Crippen molar-refractivity contribution in [3.8, 4) is 22.3 Å². The average Bonchev–Trinajstić information content (AvgIpc) is 2.61. The van der Waals surface area contributed by atoms with Gasteiger partial charge in [0.1, 0.15) is 0 Å². The molecule has 4 heteroatoms. The number of benzene rings is 3. The second-order valence-electron chi connectivity index (χ2n) is 5.24. The smallest absolute Gasteiger partial charge is 0.338 e. The predicted molar refractivity (Wildman–Crippen MR) is 101 cm³/mol. The highest BCUT2D eigenvalue weighted by molar-refractivity contribution is 9.10. The van der Waals surface area contributed by atoms with E-state index in [2.05, 4.69) is 15.9 Å². The molecule has 2 nitrogen and oxygen atoms in total. The van der Waals surface area contributed by atoms with Crippen LogP contribution in [0.4, 0.5) is 0 Å². The molecule has 0 spiro atoms. The monoisotopic (exact) mass is 400 g/mol. The molecular weight excluding hydrogens is 388 g/mol. The van der Waals surface area contributed by atoms with E-state index in [0.29, 0.717) is 10.6 Å². The van der Waals surface area contributed by atoms with Crippen molar-refractivity contribution in [3.63, 3.8) is 0 Å². The van der Waals surface area contributed by atoms with Gasteiger partial charge in [-0.3, -0.25) is 0 Å². The van der Waals surface area contributed by atoms with Crippen LogP contribution in [0.25, 0.3) is 22.3 Å². The molecule has 0 saturated heterocycles. The SMILES string of the molecule is COC(=O)c1cc(Cl)ccc1-c1cc(Br)ccc1-c1ccccc1. The van der Waals surface area contributed by atoms with Gasteiger partial charge in [-0.15, -0.1) is 0 Å². The second kappa shape index (κ2) is 7.20. The quantitative estimate of drug-likeness (QED) is 0.487. The van der Waals surface area contributed by atoms with Crippen LogP contribution in [-0.2, 0) is 4.74 Å². The molecule has 0 aliphatic carbocycles. The molecule has 3 aromatic carbocycles. The Bertz CT molecular complexity index is 891. The minimum Gasteiger partial charge on any atom is -0.465 e. The van der Waals surface area contributed by atoms with E-state index in [0.717, 1.165) is 26.7 Å². The van der Waals surface area contributed by atoms with E-state index in [9.17, 15) is 4.79 Å².